The number of nitrogens with zero attached hydrogens (tertiary/aromatic N) is 2. The molecule has 3 rings (SSSR count). The number of benzene rings is 3. The van der Waals surface area contributed by atoms with Crippen LogP contribution in [0, 0.1) is 6.92 Å². The van der Waals surface area contributed by atoms with Crippen LogP contribution < -0.4 is 14.4 Å². The maximum Gasteiger partial charge on any atom is 0.264 e. The summed E-state index contributed by atoms with van der Waals surface area (Å²) in [5.74, 6) is -0.173. The molecule has 2 amide bonds. The van der Waals surface area contributed by atoms with Gasteiger partial charge in [-0.05, 0) is 87.5 Å². The lowest BCUT2D eigenvalue weighted by molar-refractivity contribution is -0.140. The predicted molar refractivity (Wildman–Crippen MR) is 165 cm³/mol. The lowest BCUT2D eigenvalue weighted by Crippen LogP contribution is -2.52. The number of carbonyl (C=O) groups is 2. The maximum atomic E-state index is 14.1. The van der Waals surface area contributed by atoms with Crippen molar-refractivity contribution in [3.05, 3.63) is 83.9 Å². The van der Waals surface area contributed by atoms with Crippen LogP contribution in [0.15, 0.2) is 82.6 Å². The second kappa shape index (κ2) is 14.9. The Morgan fingerprint density at radius 2 is 1.56 bits per heavy atom. The zero-order valence-corrected chi connectivity index (χ0v) is 25.9. The molecule has 0 bridgehead atoms. The molecule has 0 heterocycles. The highest BCUT2D eigenvalue weighted by molar-refractivity contribution is 7.98. The molecule has 0 aromatic heterocycles. The van der Waals surface area contributed by atoms with Gasteiger partial charge in [-0.2, -0.15) is 0 Å². The van der Waals surface area contributed by atoms with E-state index < -0.39 is 28.5 Å². The number of anilines is 1. The summed E-state index contributed by atoms with van der Waals surface area (Å²) in [6.45, 7) is 8.05. The smallest absolute Gasteiger partial charge is 0.264 e. The Morgan fingerprint density at radius 1 is 0.927 bits per heavy atom. The topological polar surface area (TPSA) is 96.0 Å². The molecular weight excluding hydrogens is 558 g/mol. The van der Waals surface area contributed by atoms with Gasteiger partial charge in [0.15, 0.2) is 0 Å². The van der Waals surface area contributed by atoms with Crippen molar-refractivity contribution in [2.45, 2.75) is 56.5 Å². The molecule has 0 spiro atoms. The van der Waals surface area contributed by atoms with E-state index in [-0.39, 0.29) is 17.3 Å². The summed E-state index contributed by atoms with van der Waals surface area (Å²) in [5, 5.41) is 2.82. The lowest BCUT2D eigenvalue weighted by atomic mass is 10.1. The van der Waals surface area contributed by atoms with E-state index in [0.29, 0.717) is 31.0 Å². The number of thioether (sulfide) groups is 1. The summed E-state index contributed by atoms with van der Waals surface area (Å²) in [4.78, 5) is 29.6. The number of hydrogen-bond acceptors (Lipinski definition) is 6. The third-order valence-corrected chi connectivity index (χ3v) is 9.10. The van der Waals surface area contributed by atoms with Gasteiger partial charge in [0.05, 0.1) is 17.2 Å². The number of ether oxygens (including phenoxy) is 1. The zero-order valence-electron chi connectivity index (χ0n) is 24.3. The fraction of sp³-hybridized carbons (Fsp3) is 0.355. The van der Waals surface area contributed by atoms with Crippen LogP contribution in [0.4, 0.5) is 5.69 Å². The minimum Gasteiger partial charge on any atom is -0.494 e. The van der Waals surface area contributed by atoms with Crippen molar-refractivity contribution in [3.63, 3.8) is 0 Å². The van der Waals surface area contributed by atoms with Crippen molar-refractivity contribution in [2.24, 2.45) is 0 Å². The lowest BCUT2D eigenvalue weighted by Gasteiger charge is -2.33. The van der Waals surface area contributed by atoms with E-state index in [0.717, 1.165) is 20.3 Å². The van der Waals surface area contributed by atoms with Crippen molar-refractivity contribution in [1.82, 2.24) is 10.2 Å². The van der Waals surface area contributed by atoms with Crippen LogP contribution in [0.5, 0.6) is 5.75 Å². The highest BCUT2D eigenvalue weighted by atomic mass is 32.2. The SMILES string of the molecule is CCNC(=O)C(CC)N(Cc1ccc(C)cc1)C(=O)CN(c1ccc(OCC)cc1)S(=O)(=O)c1ccc(SC)cc1. The summed E-state index contributed by atoms with van der Waals surface area (Å²) in [6.07, 6.45) is 2.28. The number of amides is 2. The Bertz CT molecular complexity index is 1390. The van der Waals surface area contributed by atoms with Gasteiger partial charge in [0.2, 0.25) is 11.8 Å². The molecular formula is C31H39N3O5S2. The summed E-state index contributed by atoms with van der Waals surface area (Å²) >= 11 is 1.51. The molecule has 3 aromatic carbocycles. The fourth-order valence-corrected chi connectivity index (χ4v) is 6.20. The minimum atomic E-state index is -4.14. The highest BCUT2D eigenvalue weighted by Crippen LogP contribution is 2.28. The molecule has 0 aliphatic rings. The van der Waals surface area contributed by atoms with Crippen molar-refractivity contribution in [3.8, 4) is 5.75 Å². The van der Waals surface area contributed by atoms with E-state index in [9.17, 15) is 18.0 Å². The maximum absolute atomic E-state index is 14.1. The number of sulfonamides is 1. The molecule has 1 atom stereocenters. The van der Waals surface area contributed by atoms with Crippen LogP contribution in [0.25, 0.3) is 0 Å². The molecule has 0 radical (unpaired) electrons. The Labute approximate surface area is 248 Å². The van der Waals surface area contributed by atoms with Gasteiger partial charge < -0.3 is 15.0 Å². The fourth-order valence-electron chi connectivity index (χ4n) is 4.38. The molecule has 0 fully saturated rings. The first-order valence-corrected chi connectivity index (χ1v) is 16.3. The molecule has 1 N–H and O–H groups in total. The number of hydrogen-bond donors (Lipinski definition) is 1. The molecule has 3 aromatic rings. The number of carbonyl (C=O) groups excluding carboxylic acids is 2. The Hall–Kier alpha value is -3.50. The van der Waals surface area contributed by atoms with Crippen LogP contribution in [0.2, 0.25) is 0 Å². The van der Waals surface area contributed by atoms with E-state index in [1.54, 1.807) is 48.5 Å². The zero-order chi connectivity index (χ0) is 30.0. The molecule has 0 saturated heterocycles. The summed E-state index contributed by atoms with van der Waals surface area (Å²) in [7, 11) is -4.14. The van der Waals surface area contributed by atoms with Crippen molar-refractivity contribution in [2.75, 3.05) is 30.3 Å². The largest absolute Gasteiger partial charge is 0.494 e. The van der Waals surface area contributed by atoms with Gasteiger partial charge >= 0.3 is 0 Å². The first-order valence-electron chi connectivity index (χ1n) is 13.7. The number of rotatable bonds is 14. The number of aryl methyl sites for hydroxylation is 1. The second-order valence-corrected chi connectivity index (χ2v) is 12.2. The van der Waals surface area contributed by atoms with Crippen LogP contribution in [0.1, 0.15) is 38.3 Å². The Kier molecular flexibility index (Phi) is 11.7. The van der Waals surface area contributed by atoms with Crippen LogP contribution in [-0.2, 0) is 26.2 Å². The molecule has 10 heteroatoms. The molecule has 41 heavy (non-hydrogen) atoms. The quantitative estimate of drug-likeness (QED) is 0.255. The average Bonchev–Trinajstić information content (AvgIpc) is 2.97. The first kappa shape index (κ1) is 32.0. The summed E-state index contributed by atoms with van der Waals surface area (Å²) in [6, 6.07) is 20.1. The van der Waals surface area contributed by atoms with Gasteiger partial charge in [-0.15, -0.1) is 11.8 Å². The first-order chi connectivity index (χ1) is 19.6. The van der Waals surface area contributed by atoms with Gasteiger partial charge in [-0.1, -0.05) is 36.8 Å². The Morgan fingerprint density at radius 3 is 2.10 bits per heavy atom. The summed E-state index contributed by atoms with van der Waals surface area (Å²) < 4.78 is 34.7. The molecule has 0 aliphatic heterocycles. The normalized spacial score (nSPS) is 11.9. The minimum absolute atomic E-state index is 0.0674. The molecule has 0 aliphatic carbocycles. The molecule has 0 saturated carbocycles. The third kappa shape index (κ3) is 8.27. The van der Waals surface area contributed by atoms with Crippen LogP contribution >= 0.6 is 11.8 Å². The van der Waals surface area contributed by atoms with E-state index in [1.807, 2.05) is 58.2 Å². The third-order valence-electron chi connectivity index (χ3n) is 6.57. The Balaban J connectivity index is 2.05. The monoisotopic (exact) mass is 597 g/mol. The standard InChI is InChI=1S/C31H39N3O5S2/c1-6-29(31(36)32-7-2)33(21-24-11-9-23(4)10-12-24)30(35)22-34(25-13-15-26(16-14-25)39-8-3)41(37,38)28-19-17-27(40-5)18-20-28/h9-20,29H,6-8,21-22H2,1-5H3,(H,32,36). The predicted octanol–water partition coefficient (Wildman–Crippen LogP) is 5.25. The molecule has 220 valence electrons. The van der Waals surface area contributed by atoms with Crippen LogP contribution in [0.3, 0.4) is 0 Å². The van der Waals surface area contributed by atoms with E-state index in [1.165, 1.54) is 16.7 Å². The number of nitrogens with one attached hydrogen (secondary N) is 1. The van der Waals surface area contributed by atoms with E-state index in [2.05, 4.69) is 5.32 Å². The van der Waals surface area contributed by atoms with Crippen molar-refractivity contribution < 1.29 is 22.7 Å². The summed E-state index contributed by atoms with van der Waals surface area (Å²) in [5.41, 5.74) is 2.23. The van der Waals surface area contributed by atoms with Gasteiger partial charge in [-0.3, -0.25) is 13.9 Å². The van der Waals surface area contributed by atoms with Gasteiger partial charge in [0.1, 0.15) is 18.3 Å². The average molecular weight is 598 g/mol. The number of likely N-dealkylation sites (N-methyl/N-ethyl adjacent to an activating group) is 1. The molecule has 8 nitrogen and oxygen atoms in total. The highest BCUT2D eigenvalue weighted by Gasteiger charge is 2.33. The van der Waals surface area contributed by atoms with Crippen molar-refractivity contribution in [1.29, 1.82) is 0 Å². The van der Waals surface area contributed by atoms with E-state index >= 15 is 0 Å². The second-order valence-electron chi connectivity index (χ2n) is 9.44. The van der Waals surface area contributed by atoms with Gasteiger partial charge in [0, 0.05) is 18.0 Å². The van der Waals surface area contributed by atoms with E-state index in [4.69, 9.17) is 4.74 Å². The van der Waals surface area contributed by atoms with Gasteiger partial charge in [-0.25, -0.2) is 8.42 Å². The molecule has 1 unspecified atom stereocenters. The van der Waals surface area contributed by atoms with Crippen molar-refractivity contribution >= 4 is 39.3 Å². The van der Waals surface area contributed by atoms with Crippen LogP contribution in [-0.4, -0.2) is 57.1 Å². The van der Waals surface area contributed by atoms with Gasteiger partial charge in [0.25, 0.3) is 10.0 Å².